The van der Waals surface area contributed by atoms with Crippen molar-refractivity contribution in [1.29, 1.82) is 5.26 Å². The van der Waals surface area contributed by atoms with Crippen molar-refractivity contribution in [3.63, 3.8) is 0 Å². The van der Waals surface area contributed by atoms with Crippen LogP contribution in [0.1, 0.15) is 15.9 Å². The van der Waals surface area contributed by atoms with Gasteiger partial charge < -0.3 is 10.1 Å². The fourth-order valence-electron chi connectivity index (χ4n) is 2.62. The average molecular weight is 413 g/mol. The van der Waals surface area contributed by atoms with Crippen LogP contribution in [0.4, 0.5) is 11.4 Å². The number of nitro benzene ring substituents is 1. The van der Waals surface area contributed by atoms with Crippen molar-refractivity contribution < 1.29 is 19.2 Å². The maximum Gasteiger partial charge on any atom is 0.343 e. The highest BCUT2D eigenvalue weighted by molar-refractivity contribution is 6.10. The van der Waals surface area contributed by atoms with Crippen LogP contribution < -0.4 is 10.1 Å². The van der Waals surface area contributed by atoms with Gasteiger partial charge in [-0.3, -0.25) is 14.9 Å². The van der Waals surface area contributed by atoms with Crippen molar-refractivity contribution in [2.24, 2.45) is 0 Å². The topological polar surface area (TPSA) is 122 Å². The van der Waals surface area contributed by atoms with Crippen LogP contribution in [0, 0.1) is 21.4 Å². The zero-order valence-corrected chi connectivity index (χ0v) is 16.0. The molecule has 8 nitrogen and oxygen atoms in total. The van der Waals surface area contributed by atoms with E-state index in [2.05, 4.69) is 5.32 Å². The molecule has 0 aromatic heterocycles. The Morgan fingerprint density at radius 1 is 0.968 bits per heavy atom. The van der Waals surface area contributed by atoms with E-state index in [1.54, 1.807) is 48.5 Å². The molecule has 1 N–H and O–H groups in total. The lowest BCUT2D eigenvalue weighted by Crippen LogP contribution is -2.14. The fraction of sp³-hybridized carbons (Fsp3) is 0. The molecule has 0 atom stereocenters. The number of para-hydroxylation sites is 2. The number of hydrogen-bond acceptors (Lipinski definition) is 6. The van der Waals surface area contributed by atoms with Crippen LogP contribution in [0.2, 0.25) is 0 Å². The van der Waals surface area contributed by atoms with Crippen molar-refractivity contribution >= 4 is 29.3 Å². The van der Waals surface area contributed by atoms with Crippen molar-refractivity contribution in [2.45, 2.75) is 0 Å². The van der Waals surface area contributed by atoms with E-state index in [0.717, 1.165) is 0 Å². The standard InChI is InChI=1S/C23H15N3O5/c24-15-18(22(27)25-20-8-4-5-9-21(20)26(29)30)14-16-10-12-19(13-11-16)31-23(28)17-6-2-1-3-7-17/h1-14H,(H,25,27). The van der Waals surface area contributed by atoms with E-state index >= 15 is 0 Å². The van der Waals surface area contributed by atoms with Gasteiger partial charge in [0.25, 0.3) is 11.6 Å². The summed E-state index contributed by atoms with van der Waals surface area (Å²) in [6, 6.07) is 22.1. The summed E-state index contributed by atoms with van der Waals surface area (Å²) in [6.45, 7) is 0. The number of rotatable bonds is 6. The zero-order chi connectivity index (χ0) is 22.2. The highest BCUT2D eigenvalue weighted by Gasteiger charge is 2.17. The molecular weight excluding hydrogens is 398 g/mol. The molecule has 3 aromatic rings. The molecule has 0 heterocycles. The van der Waals surface area contributed by atoms with E-state index in [1.165, 1.54) is 42.5 Å². The van der Waals surface area contributed by atoms with Gasteiger partial charge in [-0.15, -0.1) is 0 Å². The van der Waals surface area contributed by atoms with E-state index in [4.69, 9.17) is 4.74 Å². The van der Waals surface area contributed by atoms with Gasteiger partial charge in [0.1, 0.15) is 23.1 Å². The summed E-state index contributed by atoms with van der Waals surface area (Å²) in [5.74, 6) is -0.990. The monoisotopic (exact) mass is 413 g/mol. The predicted molar refractivity (Wildman–Crippen MR) is 113 cm³/mol. The maximum atomic E-state index is 12.4. The first kappa shape index (κ1) is 21.0. The summed E-state index contributed by atoms with van der Waals surface area (Å²) in [5, 5.41) is 22.8. The summed E-state index contributed by atoms with van der Waals surface area (Å²) in [4.78, 5) is 34.9. The average Bonchev–Trinajstić information content (AvgIpc) is 2.79. The third-order valence-electron chi connectivity index (χ3n) is 4.13. The quantitative estimate of drug-likeness (QED) is 0.160. The number of esters is 1. The van der Waals surface area contributed by atoms with Gasteiger partial charge in [-0.1, -0.05) is 42.5 Å². The van der Waals surface area contributed by atoms with Gasteiger partial charge in [-0.05, 0) is 42.0 Å². The molecule has 0 saturated carbocycles. The maximum absolute atomic E-state index is 12.4. The molecule has 0 aliphatic rings. The van der Waals surface area contributed by atoms with E-state index < -0.39 is 16.8 Å². The highest BCUT2D eigenvalue weighted by atomic mass is 16.6. The molecule has 0 spiro atoms. The smallest absolute Gasteiger partial charge is 0.343 e. The van der Waals surface area contributed by atoms with Crippen LogP contribution in [0.3, 0.4) is 0 Å². The van der Waals surface area contributed by atoms with E-state index in [1.807, 2.05) is 0 Å². The normalized spacial score (nSPS) is 10.6. The summed E-state index contributed by atoms with van der Waals surface area (Å²) in [5.41, 5.74) is 0.380. The van der Waals surface area contributed by atoms with Crippen molar-refractivity contribution in [3.05, 3.63) is 106 Å². The zero-order valence-electron chi connectivity index (χ0n) is 16.0. The Labute approximate surface area is 177 Å². The molecular formula is C23H15N3O5. The molecule has 152 valence electrons. The summed E-state index contributed by atoms with van der Waals surface area (Å²) in [7, 11) is 0. The molecule has 0 radical (unpaired) electrons. The van der Waals surface area contributed by atoms with Gasteiger partial charge in [-0.25, -0.2) is 4.79 Å². The summed E-state index contributed by atoms with van der Waals surface area (Å²) >= 11 is 0. The minimum absolute atomic E-state index is 0.0122. The van der Waals surface area contributed by atoms with E-state index in [0.29, 0.717) is 16.9 Å². The van der Waals surface area contributed by atoms with E-state index in [-0.39, 0.29) is 16.9 Å². The summed E-state index contributed by atoms with van der Waals surface area (Å²) in [6.07, 6.45) is 1.33. The Morgan fingerprint density at radius 2 is 1.61 bits per heavy atom. The van der Waals surface area contributed by atoms with Crippen LogP contribution in [-0.2, 0) is 4.79 Å². The first-order chi connectivity index (χ1) is 15.0. The summed E-state index contributed by atoms with van der Waals surface area (Å²) < 4.78 is 5.28. The number of nitrogens with one attached hydrogen (secondary N) is 1. The van der Waals surface area contributed by atoms with E-state index in [9.17, 15) is 25.0 Å². The Kier molecular flexibility index (Phi) is 6.50. The third-order valence-corrected chi connectivity index (χ3v) is 4.13. The number of nitro groups is 1. The van der Waals surface area contributed by atoms with Crippen LogP contribution in [0.15, 0.2) is 84.4 Å². The lowest BCUT2D eigenvalue weighted by molar-refractivity contribution is -0.383. The van der Waals surface area contributed by atoms with Gasteiger partial charge in [-0.2, -0.15) is 5.26 Å². The number of anilines is 1. The van der Waals surface area contributed by atoms with Crippen molar-refractivity contribution in [2.75, 3.05) is 5.32 Å². The second kappa shape index (κ2) is 9.62. The molecule has 3 rings (SSSR count). The SMILES string of the molecule is N#CC(=Cc1ccc(OC(=O)c2ccccc2)cc1)C(=O)Nc1ccccc1[N+](=O)[O-]. The Hall–Kier alpha value is -4.77. The Balaban J connectivity index is 1.72. The number of carbonyl (C=O) groups is 2. The molecule has 3 aromatic carbocycles. The Bertz CT molecular complexity index is 1200. The lowest BCUT2D eigenvalue weighted by Gasteiger charge is -2.06. The second-order valence-electron chi connectivity index (χ2n) is 6.22. The number of nitrogens with zero attached hydrogens (tertiary/aromatic N) is 2. The highest BCUT2D eigenvalue weighted by Crippen LogP contribution is 2.24. The predicted octanol–water partition coefficient (Wildman–Crippen LogP) is 4.36. The van der Waals surface area contributed by atoms with Crippen molar-refractivity contribution in [1.82, 2.24) is 0 Å². The number of benzene rings is 3. The first-order valence-electron chi connectivity index (χ1n) is 9.02. The van der Waals surface area contributed by atoms with Gasteiger partial charge in [0.05, 0.1) is 10.5 Å². The van der Waals surface area contributed by atoms with Crippen LogP contribution >= 0.6 is 0 Å². The minimum atomic E-state index is -0.781. The van der Waals surface area contributed by atoms with Crippen LogP contribution in [-0.4, -0.2) is 16.8 Å². The number of amides is 1. The molecule has 0 saturated heterocycles. The van der Waals surface area contributed by atoms with Gasteiger partial charge in [0.15, 0.2) is 0 Å². The largest absolute Gasteiger partial charge is 0.423 e. The molecule has 1 amide bonds. The molecule has 31 heavy (non-hydrogen) atoms. The molecule has 0 aliphatic carbocycles. The number of hydrogen-bond donors (Lipinski definition) is 1. The third kappa shape index (κ3) is 5.40. The van der Waals surface area contributed by atoms with Gasteiger partial charge in [0, 0.05) is 6.07 Å². The first-order valence-corrected chi connectivity index (χ1v) is 9.02. The van der Waals surface area contributed by atoms with Crippen molar-refractivity contribution in [3.8, 4) is 11.8 Å². The Morgan fingerprint density at radius 3 is 2.26 bits per heavy atom. The molecule has 0 unspecified atom stereocenters. The number of ether oxygens (including phenoxy) is 1. The lowest BCUT2D eigenvalue weighted by atomic mass is 10.1. The van der Waals surface area contributed by atoms with Gasteiger partial charge >= 0.3 is 5.97 Å². The number of carbonyl (C=O) groups excluding carboxylic acids is 2. The fourth-order valence-corrected chi connectivity index (χ4v) is 2.62. The minimum Gasteiger partial charge on any atom is -0.423 e. The van der Waals surface area contributed by atoms with Crippen LogP contribution in [0.25, 0.3) is 6.08 Å². The second-order valence-corrected chi connectivity index (χ2v) is 6.22. The number of nitriles is 1. The van der Waals surface area contributed by atoms with Gasteiger partial charge in [0.2, 0.25) is 0 Å². The van der Waals surface area contributed by atoms with Crippen LogP contribution in [0.5, 0.6) is 5.75 Å². The molecule has 0 fully saturated rings. The molecule has 0 bridgehead atoms. The molecule has 0 aliphatic heterocycles. The molecule has 8 heteroatoms.